The van der Waals surface area contributed by atoms with Crippen LogP contribution in [0.5, 0.6) is 11.6 Å². The number of para-hydroxylation sites is 1. The number of allylic oxidation sites excluding steroid dienone is 2. The van der Waals surface area contributed by atoms with Gasteiger partial charge in [0, 0.05) is 60.4 Å². The van der Waals surface area contributed by atoms with E-state index < -0.39 is 0 Å². The number of carbonyl (C=O) groups excluding carboxylic acids is 1. The summed E-state index contributed by atoms with van der Waals surface area (Å²) in [5.74, 6) is 4.17. The molecular formula is C35H44IrNO3-. The van der Waals surface area contributed by atoms with E-state index in [2.05, 4.69) is 29.2 Å². The van der Waals surface area contributed by atoms with E-state index in [4.69, 9.17) is 4.74 Å². The molecule has 1 aromatic heterocycles. The molecule has 1 radical (unpaired) electrons. The van der Waals surface area contributed by atoms with Gasteiger partial charge in [-0.15, -0.1) is 12.1 Å². The van der Waals surface area contributed by atoms with Crippen molar-refractivity contribution in [3.8, 4) is 11.6 Å². The average molecular weight is 719 g/mol. The Bertz CT molecular complexity index is 1310. The monoisotopic (exact) mass is 719 g/mol. The fourth-order valence-electron chi connectivity index (χ4n) is 5.50. The second-order valence-corrected chi connectivity index (χ2v) is 12.6. The van der Waals surface area contributed by atoms with Gasteiger partial charge in [-0.1, -0.05) is 60.1 Å². The molecule has 4 nitrogen and oxygen atoms in total. The molecule has 1 N–H and O–H groups in total. The zero-order chi connectivity index (χ0) is 28.2. The molecule has 2 aliphatic carbocycles. The zero-order valence-corrected chi connectivity index (χ0v) is 27.2. The Kier molecular flexibility index (Phi) is 10.8. The van der Waals surface area contributed by atoms with E-state index in [1.54, 1.807) is 0 Å². The summed E-state index contributed by atoms with van der Waals surface area (Å²) in [6.45, 7) is 11.7. The standard InChI is InChI=1S/C22H20NO.C13H24O2.Ir/c1-2-4-20(5-3-1)24-22-13-16-8-9-18(12-19(16)14-23-22)21-11-15-6-7-17(21)10-15;1-7-12(3,4)10(14)9-11(15)13(5,6)8-2;/h1-4,8-9,12-15,17,21H,6-7,10-11H2;9,14H,7-8H2,1-6H3;/q-1;;/b;10-9-;. The van der Waals surface area contributed by atoms with Gasteiger partial charge < -0.3 is 9.84 Å². The van der Waals surface area contributed by atoms with Crippen molar-refractivity contribution in [3.63, 3.8) is 0 Å². The van der Waals surface area contributed by atoms with Gasteiger partial charge in [0.1, 0.15) is 5.76 Å². The van der Waals surface area contributed by atoms with Crippen molar-refractivity contribution in [1.82, 2.24) is 4.98 Å². The molecule has 3 aromatic rings. The van der Waals surface area contributed by atoms with Crippen molar-refractivity contribution in [3.05, 3.63) is 78.2 Å². The summed E-state index contributed by atoms with van der Waals surface area (Å²) in [6.07, 6.45) is 10.6. The number of aliphatic hydroxyl groups is 1. The van der Waals surface area contributed by atoms with Crippen LogP contribution in [0.3, 0.4) is 0 Å². The van der Waals surface area contributed by atoms with Crippen molar-refractivity contribution < 1.29 is 34.7 Å². The van der Waals surface area contributed by atoms with Crippen molar-refractivity contribution in [2.45, 2.75) is 86.0 Å². The summed E-state index contributed by atoms with van der Waals surface area (Å²) in [6, 6.07) is 19.6. The van der Waals surface area contributed by atoms with Crippen LogP contribution in [0.4, 0.5) is 0 Å². The van der Waals surface area contributed by atoms with Gasteiger partial charge in [-0.3, -0.25) is 4.79 Å². The Labute approximate surface area is 254 Å². The number of aliphatic hydroxyl groups excluding tert-OH is 1. The second kappa shape index (κ2) is 13.4. The Hall–Kier alpha value is -2.49. The summed E-state index contributed by atoms with van der Waals surface area (Å²) in [4.78, 5) is 16.3. The average Bonchev–Trinajstić information content (AvgIpc) is 3.58. The van der Waals surface area contributed by atoms with Crippen LogP contribution in [0.15, 0.2) is 66.6 Å². The van der Waals surface area contributed by atoms with E-state index in [0.717, 1.165) is 30.6 Å². The summed E-state index contributed by atoms with van der Waals surface area (Å²) >= 11 is 0. The molecule has 2 bridgehead atoms. The first-order chi connectivity index (χ1) is 18.5. The number of ether oxygens (including phenoxy) is 1. The fourth-order valence-corrected chi connectivity index (χ4v) is 5.50. The number of pyridine rings is 1. The molecule has 0 amide bonds. The molecule has 2 aromatic carbocycles. The fraction of sp³-hybridized carbons (Fsp3) is 0.486. The van der Waals surface area contributed by atoms with Gasteiger partial charge in [-0.25, -0.2) is 4.98 Å². The molecule has 2 saturated carbocycles. The Morgan fingerprint density at radius 3 is 2.38 bits per heavy atom. The van der Waals surface area contributed by atoms with Gasteiger partial charge in [0.15, 0.2) is 5.78 Å². The predicted octanol–water partition coefficient (Wildman–Crippen LogP) is 9.60. The molecule has 2 fully saturated rings. The van der Waals surface area contributed by atoms with Gasteiger partial charge in [0.2, 0.25) is 5.88 Å². The Morgan fingerprint density at radius 1 is 1.02 bits per heavy atom. The third kappa shape index (κ3) is 7.62. The van der Waals surface area contributed by atoms with Crippen LogP contribution in [0.25, 0.3) is 10.8 Å². The number of ketones is 1. The van der Waals surface area contributed by atoms with Crippen molar-refractivity contribution in [2.75, 3.05) is 0 Å². The molecule has 0 aliphatic heterocycles. The number of fused-ring (bicyclic) bond motifs is 3. The second-order valence-electron chi connectivity index (χ2n) is 12.6. The van der Waals surface area contributed by atoms with Crippen LogP contribution in [-0.2, 0) is 24.9 Å². The maximum atomic E-state index is 11.8. The van der Waals surface area contributed by atoms with Crippen LogP contribution >= 0.6 is 0 Å². The first-order valence-electron chi connectivity index (χ1n) is 14.5. The molecule has 5 rings (SSSR count). The summed E-state index contributed by atoms with van der Waals surface area (Å²) < 4.78 is 5.79. The smallest absolute Gasteiger partial charge is 0.217 e. The van der Waals surface area contributed by atoms with Crippen LogP contribution in [-0.4, -0.2) is 15.9 Å². The van der Waals surface area contributed by atoms with Crippen LogP contribution < -0.4 is 4.74 Å². The number of carbonyl (C=O) groups is 1. The minimum Gasteiger partial charge on any atom is -0.512 e. The Morgan fingerprint density at radius 2 is 1.77 bits per heavy atom. The number of aromatic nitrogens is 1. The van der Waals surface area contributed by atoms with E-state index in [1.807, 2.05) is 78.1 Å². The third-order valence-corrected chi connectivity index (χ3v) is 9.18. The molecule has 0 spiro atoms. The van der Waals surface area contributed by atoms with Crippen molar-refractivity contribution >= 4 is 16.6 Å². The van der Waals surface area contributed by atoms with Gasteiger partial charge in [-0.05, 0) is 66.9 Å². The van der Waals surface area contributed by atoms with Crippen molar-refractivity contribution in [2.24, 2.45) is 22.7 Å². The molecule has 5 heteroatoms. The third-order valence-electron chi connectivity index (χ3n) is 9.18. The summed E-state index contributed by atoms with van der Waals surface area (Å²) in [5.41, 5.74) is 0.818. The molecule has 217 valence electrons. The van der Waals surface area contributed by atoms with Gasteiger partial charge in [0.25, 0.3) is 0 Å². The molecule has 1 heterocycles. The van der Waals surface area contributed by atoms with E-state index in [0.29, 0.717) is 11.6 Å². The molecule has 2 aliphatic rings. The van der Waals surface area contributed by atoms with Gasteiger partial charge >= 0.3 is 0 Å². The predicted molar refractivity (Wildman–Crippen MR) is 159 cm³/mol. The molecular weight excluding hydrogens is 675 g/mol. The van der Waals surface area contributed by atoms with E-state index >= 15 is 0 Å². The first-order valence-corrected chi connectivity index (χ1v) is 14.5. The van der Waals surface area contributed by atoms with Crippen LogP contribution in [0.1, 0.15) is 91.5 Å². The number of benzene rings is 2. The quantitative estimate of drug-likeness (QED) is 0.143. The molecule has 40 heavy (non-hydrogen) atoms. The van der Waals surface area contributed by atoms with E-state index in [-0.39, 0.29) is 42.5 Å². The van der Waals surface area contributed by atoms with Crippen LogP contribution in [0.2, 0.25) is 0 Å². The minimum atomic E-state index is -0.377. The van der Waals surface area contributed by atoms with Crippen LogP contribution in [0, 0.1) is 28.7 Å². The van der Waals surface area contributed by atoms with Gasteiger partial charge in [-0.2, -0.15) is 18.2 Å². The maximum absolute atomic E-state index is 11.8. The molecule has 3 atom stereocenters. The summed E-state index contributed by atoms with van der Waals surface area (Å²) in [7, 11) is 0. The largest absolute Gasteiger partial charge is 0.512 e. The first kappa shape index (κ1) is 32.0. The number of hydrogen-bond acceptors (Lipinski definition) is 4. The minimum absolute atomic E-state index is 0. The molecule has 3 unspecified atom stereocenters. The zero-order valence-electron chi connectivity index (χ0n) is 24.8. The number of nitrogens with zero attached hydrogens (tertiary/aromatic N) is 1. The number of hydrogen-bond donors (Lipinski definition) is 1. The Balaban J connectivity index is 0.000000243. The topological polar surface area (TPSA) is 59.4 Å². The van der Waals surface area contributed by atoms with E-state index in [1.165, 1.54) is 48.1 Å². The maximum Gasteiger partial charge on any atom is 0.217 e. The SMILES string of the molecule is CCC(C)(C)C(=O)/C=C(\O)C(C)(C)CC.[Ir].[c-]1ccccc1Oc1cc2ccc(C3CC4CCC3C4)cc2cn1. The molecule has 0 saturated heterocycles. The number of rotatable bonds is 8. The van der Waals surface area contributed by atoms with E-state index in [9.17, 15) is 9.90 Å². The normalized spacial score (nSPS) is 20.4. The van der Waals surface area contributed by atoms with Crippen molar-refractivity contribution in [1.29, 1.82) is 0 Å². The summed E-state index contributed by atoms with van der Waals surface area (Å²) in [5, 5.41) is 12.2. The van der Waals surface area contributed by atoms with Gasteiger partial charge in [0.05, 0.1) is 0 Å².